The second-order valence-electron chi connectivity index (χ2n) is 8.50. The Morgan fingerprint density at radius 1 is 1.16 bits per heavy atom. The highest BCUT2D eigenvalue weighted by Gasteiger charge is 2.49. The molecule has 0 aromatic rings. The lowest BCUT2D eigenvalue weighted by Crippen LogP contribution is -2.53. The molecule has 0 bridgehead atoms. The SMILES string of the molecule is CC(C)CC(C)(O)C1(CN)CCC(C(C)(C)C)CC1. The van der Waals surface area contributed by atoms with Gasteiger partial charge in [0, 0.05) is 12.0 Å². The Hall–Kier alpha value is -0.0800. The number of rotatable bonds is 4. The predicted octanol–water partition coefficient (Wildman–Crippen LogP) is 3.96. The molecule has 0 saturated heterocycles. The first-order valence-corrected chi connectivity index (χ1v) is 7.96. The molecular weight excluding hydrogens is 234 g/mol. The molecule has 0 heterocycles. The Balaban J connectivity index is 2.80. The van der Waals surface area contributed by atoms with Crippen LogP contribution in [0.1, 0.15) is 73.6 Å². The van der Waals surface area contributed by atoms with Crippen LogP contribution in [0.25, 0.3) is 0 Å². The molecule has 0 aromatic heterocycles. The quantitative estimate of drug-likeness (QED) is 0.811. The van der Waals surface area contributed by atoms with E-state index in [4.69, 9.17) is 5.73 Å². The summed E-state index contributed by atoms with van der Waals surface area (Å²) >= 11 is 0. The minimum absolute atomic E-state index is 0.0704. The van der Waals surface area contributed by atoms with Crippen LogP contribution in [-0.2, 0) is 0 Å². The van der Waals surface area contributed by atoms with Gasteiger partial charge in [-0.05, 0) is 56.3 Å². The third-order valence-corrected chi connectivity index (χ3v) is 5.51. The van der Waals surface area contributed by atoms with Crippen molar-refractivity contribution >= 4 is 0 Å². The fourth-order valence-electron chi connectivity index (χ4n) is 4.01. The van der Waals surface area contributed by atoms with Crippen LogP contribution < -0.4 is 5.73 Å². The molecule has 0 spiro atoms. The third-order valence-electron chi connectivity index (χ3n) is 5.51. The van der Waals surface area contributed by atoms with Gasteiger partial charge >= 0.3 is 0 Å². The summed E-state index contributed by atoms with van der Waals surface area (Å²) < 4.78 is 0. The van der Waals surface area contributed by atoms with E-state index in [1.165, 1.54) is 12.8 Å². The molecule has 1 aliphatic rings. The summed E-state index contributed by atoms with van der Waals surface area (Å²) in [5.74, 6) is 1.28. The topological polar surface area (TPSA) is 46.2 Å². The van der Waals surface area contributed by atoms with Crippen LogP contribution in [-0.4, -0.2) is 17.3 Å². The third kappa shape index (κ3) is 3.72. The van der Waals surface area contributed by atoms with Gasteiger partial charge in [-0.2, -0.15) is 0 Å². The van der Waals surface area contributed by atoms with Crippen LogP contribution in [0, 0.1) is 22.7 Å². The fraction of sp³-hybridized carbons (Fsp3) is 1.00. The first-order valence-electron chi connectivity index (χ1n) is 7.96. The minimum atomic E-state index is -0.626. The lowest BCUT2D eigenvalue weighted by Gasteiger charge is -2.51. The second kappa shape index (κ2) is 5.73. The monoisotopic (exact) mass is 269 g/mol. The highest BCUT2D eigenvalue weighted by Crippen LogP contribution is 2.51. The number of hydrogen-bond donors (Lipinski definition) is 2. The standard InChI is InChI=1S/C17H35NO/c1-13(2)11-16(6,19)17(12-18)9-7-14(8-10-17)15(3,4)5/h13-14,19H,7-12,18H2,1-6H3. The van der Waals surface area contributed by atoms with E-state index >= 15 is 0 Å². The van der Waals surface area contributed by atoms with E-state index in [1.54, 1.807) is 0 Å². The summed E-state index contributed by atoms with van der Waals surface area (Å²) in [6.07, 6.45) is 5.41. The first-order chi connectivity index (χ1) is 8.54. The molecule has 1 rings (SSSR count). The molecular formula is C17H35NO. The maximum absolute atomic E-state index is 11.0. The molecule has 0 radical (unpaired) electrons. The minimum Gasteiger partial charge on any atom is -0.390 e. The summed E-state index contributed by atoms with van der Waals surface area (Å²) in [5.41, 5.74) is 5.78. The highest BCUT2D eigenvalue weighted by molar-refractivity contribution is 5.01. The second-order valence-corrected chi connectivity index (χ2v) is 8.50. The van der Waals surface area contributed by atoms with E-state index in [0.717, 1.165) is 25.2 Å². The summed E-state index contributed by atoms with van der Waals surface area (Å²) in [6, 6.07) is 0. The van der Waals surface area contributed by atoms with Gasteiger partial charge in [0.25, 0.3) is 0 Å². The predicted molar refractivity (Wildman–Crippen MR) is 83.0 cm³/mol. The van der Waals surface area contributed by atoms with Crippen molar-refractivity contribution < 1.29 is 5.11 Å². The number of hydrogen-bond acceptors (Lipinski definition) is 2. The molecule has 1 atom stereocenters. The first kappa shape index (κ1) is 17.0. The largest absolute Gasteiger partial charge is 0.390 e. The van der Waals surface area contributed by atoms with Crippen molar-refractivity contribution in [1.29, 1.82) is 0 Å². The van der Waals surface area contributed by atoms with Crippen LogP contribution in [0.4, 0.5) is 0 Å². The molecule has 1 unspecified atom stereocenters. The molecule has 2 nitrogen and oxygen atoms in total. The Kier molecular flexibility index (Phi) is 5.12. The smallest absolute Gasteiger partial charge is 0.0690 e. The van der Waals surface area contributed by atoms with Crippen molar-refractivity contribution in [3.8, 4) is 0 Å². The number of nitrogens with two attached hydrogens (primary N) is 1. The van der Waals surface area contributed by atoms with Gasteiger partial charge in [-0.3, -0.25) is 0 Å². The molecule has 0 aliphatic heterocycles. The van der Waals surface area contributed by atoms with Crippen LogP contribution in [0.15, 0.2) is 0 Å². The zero-order chi connectivity index (χ0) is 14.9. The van der Waals surface area contributed by atoms with Gasteiger partial charge in [0.2, 0.25) is 0 Å². The average Bonchev–Trinajstić information content (AvgIpc) is 2.26. The maximum Gasteiger partial charge on any atom is 0.0690 e. The molecule has 19 heavy (non-hydrogen) atoms. The molecule has 114 valence electrons. The Morgan fingerprint density at radius 3 is 1.95 bits per heavy atom. The molecule has 1 fully saturated rings. The summed E-state index contributed by atoms with van der Waals surface area (Å²) in [6.45, 7) is 14.0. The van der Waals surface area contributed by atoms with E-state index in [2.05, 4.69) is 34.6 Å². The maximum atomic E-state index is 11.0. The molecule has 1 saturated carbocycles. The molecule has 1 aliphatic carbocycles. The lowest BCUT2D eigenvalue weighted by molar-refractivity contribution is -0.109. The Labute approximate surface area is 120 Å². The van der Waals surface area contributed by atoms with Crippen molar-refractivity contribution in [2.45, 2.75) is 79.2 Å². The van der Waals surface area contributed by atoms with Crippen LogP contribution in [0.2, 0.25) is 0 Å². The van der Waals surface area contributed by atoms with Gasteiger partial charge in [-0.25, -0.2) is 0 Å². The van der Waals surface area contributed by atoms with Gasteiger partial charge < -0.3 is 10.8 Å². The summed E-state index contributed by atoms with van der Waals surface area (Å²) in [5, 5.41) is 11.0. The van der Waals surface area contributed by atoms with Crippen molar-refractivity contribution in [2.75, 3.05) is 6.54 Å². The van der Waals surface area contributed by atoms with Gasteiger partial charge in [0.15, 0.2) is 0 Å². The molecule has 2 heteroatoms. The number of aliphatic hydroxyl groups is 1. The van der Waals surface area contributed by atoms with Crippen LogP contribution in [0.3, 0.4) is 0 Å². The van der Waals surface area contributed by atoms with Gasteiger partial charge in [0.1, 0.15) is 0 Å². The van der Waals surface area contributed by atoms with Crippen molar-refractivity contribution in [1.82, 2.24) is 0 Å². The van der Waals surface area contributed by atoms with E-state index in [9.17, 15) is 5.11 Å². The van der Waals surface area contributed by atoms with Crippen molar-refractivity contribution in [2.24, 2.45) is 28.4 Å². The summed E-state index contributed by atoms with van der Waals surface area (Å²) in [7, 11) is 0. The van der Waals surface area contributed by atoms with Crippen molar-refractivity contribution in [3.63, 3.8) is 0 Å². The van der Waals surface area contributed by atoms with E-state index in [1.807, 2.05) is 6.92 Å². The fourth-order valence-corrected chi connectivity index (χ4v) is 4.01. The van der Waals surface area contributed by atoms with E-state index in [0.29, 0.717) is 17.9 Å². The average molecular weight is 269 g/mol. The van der Waals surface area contributed by atoms with E-state index < -0.39 is 5.60 Å². The highest BCUT2D eigenvalue weighted by atomic mass is 16.3. The van der Waals surface area contributed by atoms with Crippen LogP contribution in [0.5, 0.6) is 0 Å². The van der Waals surface area contributed by atoms with Crippen molar-refractivity contribution in [3.05, 3.63) is 0 Å². The van der Waals surface area contributed by atoms with Gasteiger partial charge in [0.05, 0.1) is 5.60 Å². The van der Waals surface area contributed by atoms with Gasteiger partial charge in [-0.15, -0.1) is 0 Å². The Bertz CT molecular complexity index is 280. The Morgan fingerprint density at radius 2 is 1.63 bits per heavy atom. The lowest BCUT2D eigenvalue weighted by atomic mass is 9.57. The summed E-state index contributed by atoms with van der Waals surface area (Å²) in [4.78, 5) is 0. The van der Waals surface area contributed by atoms with E-state index in [-0.39, 0.29) is 5.41 Å². The molecule has 0 amide bonds. The zero-order valence-corrected chi connectivity index (χ0v) is 13.9. The van der Waals surface area contributed by atoms with Gasteiger partial charge in [-0.1, -0.05) is 34.6 Å². The molecule has 0 aromatic carbocycles. The van der Waals surface area contributed by atoms with Crippen LogP contribution >= 0.6 is 0 Å². The molecule has 3 N–H and O–H groups in total. The normalized spacial score (nSPS) is 32.4. The zero-order valence-electron chi connectivity index (χ0n) is 13.9.